The lowest BCUT2D eigenvalue weighted by molar-refractivity contribution is 0.147. The largest absolute Gasteiger partial charge is 0.382 e. The lowest BCUT2D eigenvalue weighted by atomic mass is 10.4. The molecule has 18 heavy (non-hydrogen) atoms. The van der Waals surface area contributed by atoms with E-state index < -0.39 is 0 Å². The summed E-state index contributed by atoms with van der Waals surface area (Å²) in [5.41, 5.74) is 0. The van der Waals surface area contributed by atoms with E-state index in [0.717, 1.165) is 56.6 Å². The first kappa shape index (κ1) is 14.7. The first-order chi connectivity index (χ1) is 8.76. The molecular weight excluding hydrogens is 228 g/mol. The van der Waals surface area contributed by atoms with Crippen LogP contribution in [0, 0.1) is 6.92 Å². The molecule has 0 spiro atoms. The topological polar surface area (TPSA) is 59.1 Å². The average molecular weight is 252 g/mol. The summed E-state index contributed by atoms with van der Waals surface area (Å²) in [5.74, 6) is 2.54. The summed E-state index contributed by atoms with van der Waals surface area (Å²) in [4.78, 5) is 8.70. The summed E-state index contributed by atoms with van der Waals surface area (Å²) in [6.45, 7) is 9.40. The lowest BCUT2D eigenvalue weighted by Crippen LogP contribution is -2.09. The van der Waals surface area contributed by atoms with Gasteiger partial charge in [0.05, 0.1) is 0 Å². The third kappa shape index (κ3) is 5.82. The van der Waals surface area contributed by atoms with Crippen molar-refractivity contribution in [1.29, 1.82) is 0 Å². The zero-order valence-electron chi connectivity index (χ0n) is 11.6. The molecule has 0 aromatic carbocycles. The zero-order valence-corrected chi connectivity index (χ0v) is 11.6. The third-order valence-corrected chi connectivity index (χ3v) is 2.37. The number of nitrogens with one attached hydrogen (secondary N) is 2. The first-order valence-electron chi connectivity index (χ1n) is 6.67. The smallest absolute Gasteiger partial charge is 0.131 e. The molecular formula is C13H24N4O. The van der Waals surface area contributed by atoms with Crippen LogP contribution >= 0.6 is 0 Å². The van der Waals surface area contributed by atoms with Crippen molar-refractivity contribution in [3.8, 4) is 0 Å². The highest BCUT2D eigenvalue weighted by molar-refractivity contribution is 5.47. The zero-order chi connectivity index (χ0) is 13.2. The quantitative estimate of drug-likeness (QED) is 0.661. The Morgan fingerprint density at radius 3 is 2.39 bits per heavy atom. The van der Waals surface area contributed by atoms with Crippen molar-refractivity contribution in [2.45, 2.75) is 33.6 Å². The molecule has 1 heterocycles. The Kier molecular flexibility index (Phi) is 7.10. The summed E-state index contributed by atoms with van der Waals surface area (Å²) in [6.07, 6.45) is 2.06. The van der Waals surface area contributed by atoms with Gasteiger partial charge in [-0.1, -0.05) is 6.92 Å². The molecule has 0 amide bonds. The number of nitrogens with zero attached hydrogens (tertiary/aromatic N) is 2. The minimum atomic E-state index is 0.775. The Balaban J connectivity index is 2.41. The van der Waals surface area contributed by atoms with Crippen molar-refractivity contribution in [2.24, 2.45) is 0 Å². The third-order valence-electron chi connectivity index (χ3n) is 2.37. The lowest BCUT2D eigenvalue weighted by Gasteiger charge is -2.09. The molecule has 5 nitrogen and oxygen atoms in total. The van der Waals surface area contributed by atoms with Crippen LogP contribution in [0.15, 0.2) is 6.07 Å². The van der Waals surface area contributed by atoms with E-state index in [1.807, 2.05) is 19.9 Å². The summed E-state index contributed by atoms with van der Waals surface area (Å²) >= 11 is 0. The number of anilines is 2. The summed E-state index contributed by atoms with van der Waals surface area (Å²) < 4.78 is 5.29. The Hall–Kier alpha value is -1.36. The fraction of sp³-hybridized carbons (Fsp3) is 0.692. The van der Waals surface area contributed by atoms with Gasteiger partial charge in [0, 0.05) is 32.4 Å². The fourth-order valence-corrected chi connectivity index (χ4v) is 1.54. The van der Waals surface area contributed by atoms with Gasteiger partial charge in [-0.2, -0.15) is 0 Å². The molecule has 0 saturated carbocycles. The highest BCUT2D eigenvalue weighted by atomic mass is 16.5. The van der Waals surface area contributed by atoms with Gasteiger partial charge < -0.3 is 15.4 Å². The molecule has 0 saturated heterocycles. The number of aryl methyl sites for hydroxylation is 1. The van der Waals surface area contributed by atoms with Gasteiger partial charge >= 0.3 is 0 Å². The number of hydrogen-bond acceptors (Lipinski definition) is 5. The van der Waals surface area contributed by atoms with Crippen LogP contribution in [0.4, 0.5) is 11.6 Å². The Morgan fingerprint density at radius 2 is 1.78 bits per heavy atom. The van der Waals surface area contributed by atoms with Crippen LogP contribution in [0.3, 0.4) is 0 Å². The van der Waals surface area contributed by atoms with Crippen molar-refractivity contribution in [1.82, 2.24) is 9.97 Å². The Morgan fingerprint density at radius 1 is 1.11 bits per heavy atom. The number of aromatic nitrogens is 2. The molecule has 0 bridgehead atoms. The predicted octanol–water partition coefficient (Wildman–Crippen LogP) is 2.45. The molecule has 0 fully saturated rings. The molecule has 0 radical (unpaired) electrons. The van der Waals surface area contributed by atoms with Crippen LogP contribution in [0.5, 0.6) is 0 Å². The summed E-state index contributed by atoms with van der Waals surface area (Å²) in [5, 5.41) is 6.56. The first-order valence-corrected chi connectivity index (χ1v) is 6.67. The maximum atomic E-state index is 5.29. The van der Waals surface area contributed by atoms with E-state index in [2.05, 4.69) is 27.5 Å². The van der Waals surface area contributed by atoms with Crippen molar-refractivity contribution in [2.75, 3.05) is 36.9 Å². The van der Waals surface area contributed by atoms with E-state index >= 15 is 0 Å². The highest BCUT2D eigenvalue weighted by Crippen LogP contribution is 2.10. The molecule has 2 N–H and O–H groups in total. The Bertz CT molecular complexity index is 344. The number of ether oxygens (including phenoxy) is 1. The van der Waals surface area contributed by atoms with Crippen LogP contribution in [-0.4, -0.2) is 36.3 Å². The van der Waals surface area contributed by atoms with Gasteiger partial charge in [-0.25, -0.2) is 9.97 Å². The second-order valence-corrected chi connectivity index (χ2v) is 4.09. The van der Waals surface area contributed by atoms with Crippen molar-refractivity contribution < 1.29 is 4.74 Å². The van der Waals surface area contributed by atoms with Gasteiger partial charge in [-0.3, -0.25) is 0 Å². The molecule has 0 aliphatic rings. The maximum absolute atomic E-state index is 5.29. The number of hydrogen-bond donors (Lipinski definition) is 2. The SMILES string of the molecule is CCCNc1cc(NCCCOCC)nc(C)n1. The van der Waals surface area contributed by atoms with Crippen molar-refractivity contribution in [3.05, 3.63) is 11.9 Å². The van der Waals surface area contributed by atoms with Crippen LogP contribution < -0.4 is 10.6 Å². The summed E-state index contributed by atoms with van der Waals surface area (Å²) in [7, 11) is 0. The summed E-state index contributed by atoms with van der Waals surface area (Å²) in [6, 6.07) is 1.95. The second kappa shape index (κ2) is 8.69. The molecule has 1 aromatic rings. The van der Waals surface area contributed by atoms with Crippen molar-refractivity contribution >= 4 is 11.6 Å². The average Bonchev–Trinajstić information content (AvgIpc) is 2.35. The predicted molar refractivity (Wildman–Crippen MR) is 75.1 cm³/mol. The van der Waals surface area contributed by atoms with Crippen LogP contribution in [0.25, 0.3) is 0 Å². The van der Waals surface area contributed by atoms with E-state index in [1.165, 1.54) is 0 Å². The van der Waals surface area contributed by atoms with Gasteiger partial charge in [0.1, 0.15) is 17.5 Å². The molecule has 0 atom stereocenters. The highest BCUT2D eigenvalue weighted by Gasteiger charge is 2.00. The van der Waals surface area contributed by atoms with E-state index in [0.29, 0.717) is 0 Å². The molecule has 5 heteroatoms. The van der Waals surface area contributed by atoms with Gasteiger partial charge in [-0.05, 0) is 26.7 Å². The molecule has 1 rings (SSSR count). The van der Waals surface area contributed by atoms with E-state index in [4.69, 9.17) is 4.74 Å². The fourth-order valence-electron chi connectivity index (χ4n) is 1.54. The molecule has 0 unspecified atom stereocenters. The minimum Gasteiger partial charge on any atom is -0.382 e. The molecule has 102 valence electrons. The standard InChI is InChI=1S/C13H24N4O/c1-4-7-14-12-10-13(17-11(3)16-12)15-8-6-9-18-5-2/h10H,4-9H2,1-3H3,(H2,14,15,16,17). The number of rotatable bonds is 9. The molecule has 0 aliphatic carbocycles. The van der Waals surface area contributed by atoms with E-state index in [-0.39, 0.29) is 0 Å². The maximum Gasteiger partial charge on any atom is 0.131 e. The van der Waals surface area contributed by atoms with Gasteiger partial charge in [0.25, 0.3) is 0 Å². The van der Waals surface area contributed by atoms with Crippen LogP contribution in [0.1, 0.15) is 32.5 Å². The van der Waals surface area contributed by atoms with E-state index in [1.54, 1.807) is 0 Å². The molecule has 1 aromatic heterocycles. The van der Waals surface area contributed by atoms with Crippen molar-refractivity contribution in [3.63, 3.8) is 0 Å². The second-order valence-electron chi connectivity index (χ2n) is 4.09. The van der Waals surface area contributed by atoms with Gasteiger partial charge in [-0.15, -0.1) is 0 Å². The van der Waals surface area contributed by atoms with E-state index in [9.17, 15) is 0 Å². The molecule has 0 aliphatic heterocycles. The van der Waals surface area contributed by atoms with Crippen LogP contribution in [0.2, 0.25) is 0 Å². The minimum absolute atomic E-state index is 0.775. The normalized spacial score (nSPS) is 10.4. The van der Waals surface area contributed by atoms with Gasteiger partial charge in [0.2, 0.25) is 0 Å². The Labute approximate surface area is 109 Å². The van der Waals surface area contributed by atoms with Crippen LogP contribution in [-0.2, 0) is 4.74 Å². The van der Waals surface area contributed by atoms with Gasteiger partial charge in [0.15, 0.2) is 0 Å². The monoisotopic (exact) mass is 252 g/mol.